The third kappa shape index (κ3) is 3.13. The third-order valence-corrected chi connectivity index (χ3v) is 4.39. The molecule has 128 valence electrons. The van der Waals surface area contributed by atoms with Crippen molar-refractivity contribution < 1.29 is 4.92 Å². The van der Waals surface area contributed by atoms with E-state index in [4.69, 9.17) is 0 Å². The van der Waals surface area contributed by atoms with Crippen LogP contribution in [-0.2, 0) is 0 Å². The Morgan fingerprint density at radius 2 is 1.73 bits per heavy atom. The Hall–Kier alpha value is -3.66. The number of fused-ring (bicyclic) bond motifs is 1. The van der Waals surface area contributed by atoms with E-state index in [0.29, 0.717) is 10.9 Å². The van der Waals surface area contributed by atoms with Crippen molar-refractivity contribution in [1.29, 1.82) is 0 Å². The van der Waals surface area contributed by atoms with Gasteiger partial charge in [-0.2, -0.15) is 0 Å². The molecule has 0 radical (unpaired) electrons. The van der Waals surface area contributed by atoms with Gasteiger partial charge in [-0.15, -0.1) is 0 Å². The van der Waals surface area contributed by atoms with E-state index < -0.39 is 4.92 Å². The van der Waals surface area contributed by atoms with Crippen LogP contribution < -0.4 is 10.6 Å². The Labute approximate surface area is 150 Å². The fraction of sp³-hybridized carbons (Fsp3) is 0. The van der Waals surface area contributed by atoms with Crippen LogP contribution in [0.2, 0.25) is 0 Å². The highest BCUT2D eigenvalue weighted by Gasteiger charge is 2.24. The van der Waals surface area contributed by atoms with E-state index >= 15 is 0 Å². The summed E-state index contributed by atoms with van der Waals surface area (Å²) in [4.78, 5) is 27.6. The van der Waals surface area contributed by atoms with Gasteiger partial charge in [0.15, 0.2) is 5.13 Å². The van der Waals surface area contributed by atoms with Gasteiger partial charge >= 0.3 is 5.69 Å². The molecule has 0 aliphatic heterocycles. The first-order valence-electron chi connectivity index (χ1n) is 7.51. The van der Waals surface area contributed by atoms with E-state index in [1.807, 2.05) is 24.3 Å². The minimum absolute atomic E-state index is 0.0484. The van der Waals surface area contributed by atoms with Crippen molar-refractivity contribution in [2.24, 2.45) is 0 Å². The number of benzene rings is 1. The number of aromatic nitrogens is 4. The maximum atomic E-state index is 11.6. The largest absolute Gasteiger partial charge is 0.354 e. The van der Waals surface area contributed by atoms with Crippen molar-refractivity contribution in [2.45, 2.75) is 0 Å². The van der Waals surface area contributed by atoms with Crippen molar-refractivity contribution in [3.8, 4) is 0 Å². The van der Waals surface area contributed by atoms with Crippen LogP contribution in [0.25, 0.3) is 10.2 Å². The molecule has 0 saturated carbocycles. The predicted octanol–water partition coefficient (Wildman–Crippen LogP) is 3.88. The van der Waals surface area contributed by atoms with Crippen LogP contribution in [0.4, 0.5) is 28.3 Å². The van der Waals surface area contributed by atoms with Gasteiger partial charge in [-0.05, 0) is 24.3 Å². The van der Waals surface area contributed by atoms with E-state index in [0.717, 1.165) is 10.2 Å². The summed E-state index contributed by atoms with van der Waals surface area (Å²) in [6, 6.07) is 12.8. The molecule has 4 rings (SSSR count). The number of pyridine rings is 1. The predicted molar refractivity (Wildman–Crippen MR) is 99.1 cm³/mol. The zero-order valence-corrected chi connectivity index (χ0v) is 14.0. The second-order valence-corrected chi connectivity index (χ2v) is 6.16. The molecule has 0 aliphatic rings. The van der Waals surface area contributed by atoms with Gasteiger partial charge in [-0.1, -0.05) is 29.5 Å². The van der Waals surface area contributed by atoms with Crippen molar-refractivity contribution in [2.75, 3.05) is 10.6 Å². The monoisotopic (exact) mass is 365 g/mol. The van der Waals surface area contributed by atoms with E-state index in [1.165, 1.54) is 17.7 Å². The Balaban J connectivity index is 1.71. The summed E-state index contributed by atoms with van der Waals surface area (Å²) < 4.78 is 0.971. The number of anilines is 4. The van der Waals surface area contributed by atoms with Crippen LogP contribution in [-0.4, -0.2) is 24.9 Å². The quantitative estimate of drug-likeness (QED) is 0.404. The lowest BCUT2D eigenvalue weighted by Crippen LogP contribution is -2.05. The van der Waals surface area contributed by atoms with Gasteiger partial charge in [0.1, 0.15) is 12.1 Å². The highest BCUT2D eigenvalue weighted by atomic mass is 32.1. The topological polar surface area (TPSA) is 119 Å². The zero-order chi connectivity index (χ0) is 17.9. The van der Waals surface area contributed by atoms with Crippen molar-refractivity contribution >= 4 is 49.8 Å². The molecule has 0 saturated heterocycles. The first-order valence-corrected chi connectivity index (χ1v) is 8.32. The van der Waals surface area contributed by atoms with E-state index in [9.17, 15) is 10.1 Å². The molecular formula is C16H11N7O2S. The molecule has 0 bridgehead atoms. The average molecular weight is 365 g/mol. The highest BCUT2D eigenvalue weighted by molar-refractivity contribution is 7.22. The molecule has 1 aromatic carbocycles. The number of thiazole rings is 1. The van der Waals surface area contributed by atoms with E-state index in [1.54, 1.807) is 24.4 Å². The van der Waals surface area contributed by atoms with Gasteiger partial charge in [0.05, 0.1) is 15.1 Å². The van der Waals surface area contributed by atoms with Crippen molar-refractivity contribution in [1.82, 2.24) is 19.9 Å². The van der Waals surface area contributed by atoms with Gasteiger partial charge < -0.3 is 10.6 Å². The summed E-state index contributed by atoms with van der Waals surface area (Å²) in [5.41, 5.74) is 0.529. The average Bonchev–Trinajstić information content (AvgIpc) is 3.05. The summed E-state index contributed by atoms with van der Waals surface area (Å²) in [7, 11) is 0. The van der Waals surface area contributed by atoms with Gasteiger partial charge in [0.2, 0.25) is 11.6 Å². The van der Waals surface area contributed by atoms with Crippen LogP contribution >= 0.6 is 11.3 Å². The van der Waals surface area contributed by atoms with Crippen LogP contribution in [0.15, 0.2) is 55.0 Å². The van der Waals surface area contributed by atoms with Crippen LogP contribution in [0.3, 0.4) is 0 Å². The standard InChI is InChI=1S/C16H11N7O2S/c24-23(25)13-14(21-12-7-3-4-8-17-12)18-9-19-15(13)22-16-20-10-5-1-2-6-11(10)26-16/h1-9H,(H2,17,18,19,20,21,22). The van der Waals surface area contributed by atoms with E-state index in [-0.39, 0.29) is 17.3 Å². The minimum atomic E-state index is -0.541. The molecule has 10 heteroatoms. The summed E-state index contributed by atoms with van der Waals surface area (Å²) in [5, 5.41) is 17.9. The molecule has 3 heterocycles. The molecule has 26 heavy (non-hydrogen) atoms. The van der Waals surface area contributed by atoms with Gasteiger partial charge in [-0.3, -0.25) is 10.1 Å². The number of nitrogens with zero attached hydrogens (tertiary/aromatic N) is 5. The van der Waals surface area contributed by atoms with Crippen LogP contribution in [0.1, 0.15) is 0 Å². The maximum Gasteiger partial charge on any atom is 0.354 e. The normalized spacial score (nSPS) is 10.6. The maximum absolute atomic E-state index is 11.6. The minimum Gasteiger partial charge on any atom is -0.319 e. The first kappa shape index (κ1) is 15.8. The summed E-state index contributed by atoms with van der Waals surface area (Å²) in [6.45, 7) is 0. The Kier molecular flexibility index (Phi) is 4.07. The molecule has 0 atom stereocenters. The lowest BCUT2D eigenvalue weighted by atomic mass is 10.3. The molecule has 4 aromatic rings. The third-order valence-electron chi connectivity index (χ3n) is 3.44. The number of rotatable bonds is 5. The van der Waals surface area contributed by atoms with Gasteiger partial charge in [-0.25, -0.2) is 19.9 Å². The number of hydrogen-bond donors (Lipinski definition) is 2. The molecule has 0 amide bonds. The fourth-order valence-corrected chi connectivity index (χ4v) is 3.18. The zero-order valence-electron chi connectivity index (χ0n) is 13.2. The van der Waals surface area contributed by atoms with Crippen LogP contribution in [0.5, 0.6) is 0 Å². The highest BCUT2D eigenvalue weighted by Crippen LogP contribution is 2.34. The summed E-state index contributed by atoms with van der Waals surface area (Å²) in [6.07, 6.45) is 2.82. The molecule has 9 nitrogen and oxygen atoms in total. The van der Waals surface area contributed by atoms with Crippen LogP contribution in [0, 0.1) is 10.1 Å². The molecule has 0 unspecified atom stereocenters. The summed E-state index contributed by atoms with van der Waals surface area (Å²) >= 11 is 1.38. The lowest BCUT2D eigenvalue weighted by Gasteiger charge is -2.08. The smallest absolute Gasteiger partial charge is 0.319 e. The molecule has 0 aliphatic carbocycles. The number of hydrogen-bond acceptors (Lipinski definition) is 9. The Bertz CT molecular complexity index is 1050. The first-order chi connectivity index (χ1) is 12.7. The SMILES string of the molecule is O=[N+]([O-])c1c(Nc2ccccn2)ncnc1Nc1nc2ccccc2s1. The Morgan fingerprint density at radius 3 is 2.46 bits per heavy atom. The number of para-hydroxylation sites is 1. The summed E-state index contributed by atoms with van der Waals surface area (Å²) in [5.74, 6) is 0.551. The van der Waals surface area contributed by atoms with Gasteiger partial charge in [0.25, 0.3) is 0 Å². The Morgan fingerprint density at radius 1 is 0.962 bits per heavy atom. The molecule has 3 aromatic heterocycles. The number of nitrogens with one attached hydrogen (secondary N) is 2. The number of nitro groups is 1. The second kappa shape index (κ2) is 6.69. The second-order valence-electron chi connectivity index (χ2n) is 5.13. The molecule has 0 fully saturated rings. The van der Waals surface area contributed by atoms with Crippen molar-refractivity contribution in [3.63, 3.8) is 0 Å². The van der Waals surface area contributed by atoms with Gasteiger partial charge in [0, 0.05) is 6.20 Å². The van der Waals surface area contributed by atoms with E-state index in [2.05, 4.69) is 30.6 Å². The lowest BCUT2D eigenvalue weighted by molar-refractivity contribution is -0.383. The molecule has 0 spiro atoms. The fourth-order valence-electron chi connectivity index (χ4n) is 2.32. The molecular weight excluding hydrogens is 354 g/mol. The molecule has 2 N–H and O–H groups in total. The van der Waals surface area contributed by atoms with Crippen molar-refractivity contribution in [3.05, 3.63) is 65.1 Å².